The van der Waals surface area contributed by atoms with Crippen LogP contribution in [-0.2, 0) is 10.7 Å². The first-order valence-electron chi connectivity index (χ1n) is 8.35. The van der Waals surface area contributed by atoms with Gasteiger partial charge in [-0.05, 0) is 25.0 Å². The van der Waals surface area contributed by atoms with Crippen molar-refractivity contribution in [1.29, 1.82) is 0 Å². The number of benzene rings is 1. The van der Waals surface area contributed by atoms with Crippen LogP contribution in [0.5, 0.6) is 0 Å². The standard InChI is InChI=1S/C18H18ClN3O3S/c19-10-12-11-26-18(20-12)21-15(23)8-2-1-5-9-22-16(24)13-6-3-4-7-14(13)17(22)25/h3-4,6-7,11H,1-2,5,8-10H2,(H,20,21,23). The number of imide groups is 1. The van der Waals surface area contributed by atoms with Gasteiger partial charge in [0, 0.05) is 18.3 Å². The number of amides is 3. The van der Waals surface area contributed by atoms with Crippen molar-refractivity contribution in [3.8, 4) is 0 Å². The van der Waals surface area contributed by atoms with E-state index in [0.717, 1.165) is 12.1 Å². The van der Waals surface area contributed by atoms with Crippen molar-refractivity contribution in [2.45, 2.75) is 31.6 Å². The average Bonchev–Trinajstić information content (AvgIpc) is 3.19. The van der Waals surface area contributed by atoms with Gasteiger partial charge in [0.25, 0.3) is 11.8 Å². The molecule has 0 bridgehead atoms. The lowest BCUT2D eigenvalue weighted by molar-refractivity contribution is -0.116. The first kappa shape index (κ1) is 18.5. The molecule has 1 aromatic carbocycles. The van der Waals surface area contributed by atoms with E-state index in [-0.39, 0.29) is 17.7 Å². The number of thiazole rings is 1. The molecule has 1 aliphatic heterocycles. The average molecular weight is 392 g/mol. The summed E-state index contributed by atoms with van der Waals surface area (Å²) in [4.78, 5) is 41.8. The zero-order valence-corrected chi connectivity index (χ0v) is 15.6. The Morgan fingerprint density at radius 1 is 1.12 bits per heavy atom. The summed E-state index contributed by atoms with van der Waals surface area (Å²) in [5.41, 5.74) is 1.68. The first-order chi connectivity index (χ1) is 12.6. The normalized spacial score (nSPS) is 13.2. The van der Waals surface area contributed by atoms with Crippen LogP contribution in [0.15, 0.2) is 29.6 Å². The Balaban J connectivity index is 1.38. The van der Waals surface area contributed by atoms with Crippen molar-refractivity contribution in [3.63, 3.8) is 0 Å². The number of rotatable bonds is 8. The molecule has 1 aliphatic rings. The summed E-state index contributed by atoms with van der Waals surface area (Å²) < 4.78 is 0. The van der Waals surface area contributed by atoms with Gasteiger partial charge in [0.05, 0.1) is 22.7 Å². The lowest BCUT2D eigenvalue weighted by atomic mass is 10.1. The van der Waals surface area contributed by atoms with Crippen LogP contribution < -0.4 is 5.32 Å². The van der Waals surface area contributed by atoms with Gasteiger partial charge < -0.3 is 5.32 Å². The first-order valence-corrected chi connectivity index (χ1v) is 9.77. The molecule has 0 saturated heterocycles. The quantitative estimate of drug-likeness (QED) is 0.423. The molecular weight excluding hydrogens is 374 g/mol. The predicted molar refractivity (Wildman–Crippen MR) is 101 cm³/mol. The van der Waals surface area contributed by atoms with Crippen molar-refractivity contribution >= 4 is 45.8 Å². The van der Waals surface area contributed by atoms with Crippen molar-refractivity contribution in [1.82, 2.24) is 9.88 Å². The number of carbonyl (C=O) groups is 3. The molecule has 0 atom stereocenters. The van der Waals surface area contributed by atoms with E-state index in [2.05, 4.69) is 10.3 Å². The Kier molecular flexibility index (Phi) is 6.00. The maximum atomic E-state index is 12.2. The smallest absolute Gasteiger partial charge is 0.261 e. The van der Waals surface area contributed by atoms with E-state index in [4.69, 9.17) is 11.6 Å². The lowest BCUT2D eigenvalue weighted by Gasteiger charge is -2.13. The largest absolute Gasteiger partial charge is 0.302 e. The number of unbranched alkanes of at least 4 members (excludes halogenated alkanes) is 2. The fourth-order valence-corrected chi connectivity index (χ4v) is 3.74. The summed E-state index contributed by atoms with van der Waals surface area (Å²) in [5.74, 6) is -0.241. The third kappa shape index (κ3) is 4.11. The molecule has 3 rings (SSSR count). The van der Waals surface area contributed by atoms with Gasteiger partial charge in [-0.15, -0.1) is 22.9 Å². The number of alkyl halides is 1. The molecule has 0 spiro atoms. The molecule has 136 valence electrons. The topological polar surface area (TPSA) is 79.4 Å². The molecule has 3 amide bonds. The molecule has 0 fully saturated rings. The number of nitrogens with zero attached hydrogens (tertiary/aromatic N) is 2. The molecule has 1 N–H and O–H groups in total. The highest BCUT2D eigenvalue weighted by atomic mass is 35.5. The molecule has 26 heavy (non-hydrogen) atoms. The fourth-order valence-electron chi connectivity index (χ4n) is 2.78. The minimum absolute atomic E-state index is 0.0961. The van der Waals surface area contributed by atoms with Crippen LogP contribution in [0.25, 0.3) is 0 Å². The molecule has 2 aromatic rings. The van der Waals surface area contributed by atoms with Crippen LogP contribution in [-0.4, -0.2) is 34.2 Å². The second-order valence-electron chi connectivity index (χ2n) is 5.94. The summed E-state index contributed by atoms with van der Waals surface area (Å²) in [6, 6.07) is 6.86. The van der Waals surface area contributed by atoms with E-state index in [1.54, 1.807) is 24.3 Å². The third-order valence-corrected chi connectivity index (χ3v) is 5.18. The number of nitrogens with one attached hydrogen (secondary N) is 1. The van der Waals surface area contributed by atoms with E-state index in [0.29, 0.717) is 47.9 Å². The number of fused-ring (bicyclic) bond motifs is 1. The van der Waals surface area contributed by atoms with Crippen molar-refractivity contribution in [2.75, 3.05) is 11.9 Å². The SMILES string of the molecule is O=C(CCCCCN1C(=O)c2ccccc2C1=O)Nc1nc(CCl)cs1. The van der Waals surface area contributed by atoms with Gasteiger partial charge in [-0.25, -0.2) is 4.98 Å². The van der Waals surface area contributed by atoms with Crippen LogP contribution in [0.2, 0.25) is 0 Å². The minimum Gasteiger partial charge on any atom is -0.302 e. The second-order valence-corrected chi connectivity index (χ2v) is 7.07. The monoisotopic (exact) mass is 391 g/mol. The molecule has 2 heterocycles. The maximum absolute atomic E-state index is 12.2. The lowest BCUT2D eigenvalue weighted by Crippen LogP contribution is -2.30. The van der Waals surface area contributed by atoms with Gasteiger partial charge in [0.15, 0.2) is 5.13 Å². The number of aromatic nitrogens is 1. The Hall–Kier alpha value is -2.25. The number of hydrogen-bond acceptors (Lipinski definition) is 5. The van der Waals surface area contributed by atoms with E-state index in [1.807, 2.05) is 5.38 Å². The highest BCUT2D eigenvalue weighted by Gasteiger charge is 2.34. The number of halogens is 1. The van der Waals surface area contributed by atoms with Crippen LogP contribution >= 0.6 is 22.9 Å². The van der Waals surface area contributed by atoms with Crippen molar-refractivity contribution in [2.24, 2.45) is 0 Å². The summed E-state index contributed by atoms with van der Waals surface area (Å²) in [7, 11) is 0. The number of carbonyl (C=O) groups excluding carboxylic acids is 3. The summed E-state index contributed by atoms with van der Waals surface area (Å²) in [6.45, 7) is 0.375. The highest BCUT2D eigenvalue weighted by molar-refractivity contribution is 7.13. The van der Waals surface area contributed by atoms with Gasteiger partial charge in [-0.2, -0.15) is 0 Å². The Labute approximate surface area is 160 Å². The van der Waals surface area contributed by atoms with Crippen LogP contribution in [0.1, 0.15) is 52.1 Å². The van der Waals surface area contributed by atoms with Gasteiger partial charge >= 0.3 is 0 Å². The van der Waals surface area contributed by atoms with Crippen molar-refractivity contribution < 1.29 is 14.4 Å². The molecule has 0 unspecified atom stereocenters. The summed E-state index contributed by atoms with van der Waals surface area (Å²) in [5, 5.41) is 5.11. The molecular formula is C18H18ClN3O3S. The van der Waals surface area contributed by atoms with Gasteiger partial charge in [-0.1, -0.05) is 18.6 Å². The predicted octanol–water partition coefficient (Wildman–Crippen LogP) is 3.68. The Morgan fingerprint density at radius 2 is 1.81 bits per heavy atom. The number of anilines is 1. The molecule has 8 heteroatoms. The molecule has 0 radical (unpaired) electrons. The second kappa shape index (κ2) is 8.42. The minimum atomic E-state index is -0.234. The van der Waals surface area contributed by atoms with E-state index in [1.165, 1.54) is 16.2 Å². The van der Waals surface area contributed by atoms with Crippen LogP contribution in [0, 0.1) is 0 Å². The Morgan fingerprint density at radius 3 is 2.42 bits per heavy atom. The van der Waals surface area contributed by atoms with E-state index in [9.17, 15) is 14.4 Å². The fraction of sp³-hybridized carbons (Fsp3) is 0.333. The summed E-state index contributed by atoms with van der Waals surface area (Å²) in [6.07, 6.45) is 2.48. The highest BCUT2D eigenvalue weighted by Crippen LogP contribution is 2.23. The van der Waals surface area contributed by atoms with Gasteiger partial charge in [0.2, 0.25) is 5.91 Å². The van der Waals surface area contributed by atoms with E-state index >= 15 is 0 Å². The number of hydrogen-bond donors (Lipinski definition) is 1. The Bertz CT molecular complexity index is 802. The molecule has 1 aromatic heterocycles. The third-order valence-electron chi connectivity index (χ3n) is 4.10. The van der Waals surface area contributed by atoms with Crippen molar-refractivity contribution in [3.05, 3.63) is 46.5 Å². The maximum Gasteiger partial charge on any atom is 0.261 e. The zero-order valence-electron chi connectivity index (χ0n) is 14.0. The van der Waals surface area contributed by atoms with Gasteiger partial charge in [0.1, 0.15) is 0 Å². The molecule has 6 nitrogen and oxygen atoms in total. The van der Waals surface area contributed by atoms with E-state index < -0.39 is 0 Å². The molecule has 0 aliphatic carbocycles. The van der Waals surface area contributed by atoms with Crippen LogP contribution in [0.4, 0.5) is 5.13 Å². The zero-order chi connectivity index (χ0) is 18.5. The molecule has 0 saturated carbocycles. The van der Waals surface area contributed by atoms with Gasteiger partial charge in [-0.3, -0.25) is 19.3 Å². The van der Waals surface area contributed by atoms with Crippen LogP contribution in [0.3, 0.4) is 0 Å². The summed E-state index contributed by atoms with van der Waals surface area (Å²) >= 11 is 7.03.